The molecule has 0 amide bonds. The highest BCUT2D eigenvalue weighted by atomic mass is 16.5. The van der Waals surface area contributed by atoms with Gasteiger partial charge in [-0.25, -0.2) is 0 Å². The Kier molecular flexibility index (Phi) is 4.11. The predicted molar refractivity (Wildman–Crippen MR) is 96.0 cm³/mol. The van der Waals surface area contributed by atoms with Crippen LogP contribution < -0.4 is 10.1 Å². The number of hydrogen-bond donors (Lipinski definition) is 1. The standard InChI is InChI=1S/C21H23NO2/c1-24-20-11-16(19-5-3-2-4-18(19)14-6-7-14)10-17(13-23)21(20)15-8-9-22-12-15/h2-5,10-11,13-15,22H,6-9,12H2,1H3. The van der Waals surface area contributed by atoms with Crippen molar-refractivity contribution in [1.29, 1.82) is 0 Å². The summed E-state index contributed by atoms with van der Waals surface area (Å²) in [5.41, 5.74) is 5.55. The minimum atomic E-state index is 0.355. The fourth-order valence-electron chi connectivity index (χ4n) is 3.92. The molecule has 1 atom stereocenters. The number of rotatable bonds is 5. The van der Waals surface area contributed by atoms with Gasteiger partial charge in [0.2, 0.25) is 0 Å². The normalized spacial score (nSPS) is 20.1. The van der Waals surface area contributed by atoms with Gasteiger partial charge in [-0.15, -0.1) is 0 Å². The third-order valence-electron chi connectivity index (χ3n) is 5.28. The molecule has 24 heavy (non-hydrogen) atoms. The van der Waals surface area contributed by atoms with Crippen LogP contribution in [0, 0.1) is 0 Å². The molecule has 2 aliphatic rings. The Bertz CT molecular complexity index is 758. The van der Waals surface area contributed by atoms with Gasteiger partial charge < -0.3 is 10.1 Å². The zero-order valence-electron chi connectivity index (χ0n) is 14.0. The van der Waals surface area contributed by atoms with E-state index >= 15 is 0 Å². The maximum Gasteiger partial charge on any atom is 0.150 e. The number of hydrogen-bond acceptors (Lipinski definition) is 3. The third kappa shape index (κ3) is 2.73. The maximum absolute atomic E-state index is 11.8. The quantitative estimate of drug-likeness (QED) is 0.842. The summed E-state index contributed by atoms with van der Waals surface area (Å²) in [7, 11) is 1.70. The molecule has 4 rings (SSSR count). The second kappa shape index (κ2) is 6.40. The van der Waals surface area contributed by atoms with Crippen molar-refractivity contribution in [1.82, 2.24) is 5.32 Å². The van der Waals surface area contributed by atoms with Crippen molar-refractivity contribution in [3.8, 4) is 16.9 Å². The highest BCUT2D eigenvalue weighted by Gasteiger charge is 2.28. The molecule has 3 heteroatoms. The van der Waals surface area contributed by atoms with E-state index in [4.69, 9.17) is 4.74 Å². The van der Waals surface area contributed by atoms with Crippen LogP contribution in [0.1, 0.15) is 52.6 Å². The first-order valence-electron chi connectivity index (χ1n) is 8.79. The van der Waals surface area contributed by atoms with E-state index in [0.29, 0.717) is 11.8 Å². The summed E-state index contributed by atoms with van der Waals surface area (Å²) < 4.78 is 5.69. The average molecular weight is 321 g/mol. The highest BCUT2D eigenvalue weighted by Crippen LogP contribution is 2.45. The fraction of sp³-hybridized carbons (Fsp3) is 0.381. The Morgan fingerprint density at radius 2 is 1.96 bits per heavy atom. The summed E-state index contributed by atoms with van der Waals surface area (Å²) in [6, 6.07) is 12.7. The lowest BCUT2D eigenvalue weighted by Crippen LogP contribution is -2.10. The predicted octanol–water partition coefficient (Wildman–Crippen LogP) is 4.13. The van der Waals surface area contributed by atoms with Crippen molar-refractivity contribution in [2.24, 2.45) is 0 Å². The van der Waals surface area contributed by atoms with Crippen molar-refractivity contribution in [3.05, 3.63) is 53.1 Å². The van der Waals surface area contributed by atoms with E-state index in [1.165, 1.54) is 24.0 Å². The van der Waals surface area contributed by atoms with Gasteiger partial charge in [-0.3, -0.25) is 4.79 Å². The Morgan fingerprint density at radius 1 is 1.12 bits per heavy atom. The number of nitrogens with one attached hydrogen (secondary N) is 1. The second-order valence-corrected chi connectivity index (χ2v) is 6.85. The second-order valence-electron chi connectivity index (χ2n) is 6.85. The van der Waals surface area contributed by atoms with Crippen LogP contribution in [0.2, 0.25) is 0 Å². The molecule has 1 unspecified atom stereocenters. The first-order valence-corrected chi connectivity index (χ1v) is 8.79. The number of carbonyl (C=O) groups is 1. The monoisotopic (exact) mass is 321 g/mol. The van der Waals surface area contributed by atoms with Crippen molar-refractivity contribution in [2.45, 2.75) is 31.1 Å². The zero-order valence-corrected chi connectivity index (χ0v) is 14.0. The molecule has 2 aromatic carbocycles. The summed E-state index contributed by atoms with van der Waals surface area (Å²) in [6.45, 7) is 1.91. The van der Waals surface area contributed by atoms with Gasteiger partial charge in [0, 0.05) is 23.6 Å². The maximum atomic E-state index is 11.8. The molecule has 1 aliphatic heterocycles. The van der Waals surface area contributed by atoms with Gasteiger partial charge in [-0.1, -0.05) is 24.3 Å². The van der Waals surface area contributed by atoms with Gasteiger partial charge in [-0.2, -0.15) is 0 Å². The minimum absolute atomic E-state index is 0.355. The summed E-state index contributed by atoms with van der Waals surface area (Å²) >= 11 is 0. The van der Waals surface area contributed by atoms with E-state index < -0.39 is 0 Å². The van der Waals surface area contributed by atoms with Crippen LogP contribution in [0.25, 0.3) is 11.1 Å². The van der Waals surface area contributed by atoms with Gasteiger partial charge in [-0.05, 0) is 60.5 Å². The smallest absolute Gasteiger partial charge is 0.150 e. The van der Waals surface area contributed by atoms with Crippen LogP contribution in [-0.2, 0) is 0 Å². The van der Waals surface area contributed by atoms with Gasteiger partial charge >= 0.3 is 0 Å². The Hall–Kier alpha value is -2.13. The summed E-state index contributed by atoms with van der Waals surface area (Å²) in [4.78, 5) is 11.8. The van der Waals surface area contributed by atoms with E-state index in [1.807, 2.05) is 6.07 Å². The number of benzene rings is 2. The summed E-state index contributed by atoms with van der Waals surface area (Å²) in [6.07, 6.45) is 4.57. The zero-order chi connectivity index (χ0) is 16.5. The van der Waals surface area contributed by atoms with Crippen LogP contribution in [0.4, 0.5) is 0 Å². The Morgan fingerprint density at radius 3 is 2.62 bits per heavy atom. The SMILES string of the molecule is COc1cc(-c2ccccc2C2CC2)cc(C=O)c1C1CCNC1. The van der Waals surface area contributed by atoms with Crippen LogP contribution in [-0.4, -0.2) is 26.5 Å². The minimum Gasteiger partial charge on any atom is -0.496 e. The van der Waals surface area contributed by atoms with Gasteiger partial charge in [0.05, 0.1) is 7.11 Å². The fourth-order valence-corrected chi connectivity index (χ4v) is 3.92. The van der Waals surface area contributed by atoms with E-state index in [-0.39, 0.29) is 0 Å². The van der Waals surface area contributed by atoms with E-state index in [1.54, 1.807) is 7.11 Å². The molecule has 2 aromatic rings. The van der Waals surface area contributed by atoms with Crippen molar-refractivity contribution in [3.63, 3.8) is 0 Å². The highest BCUT2D eigenvalue weighted by molar-refractivity contribution is 5.84. The van der Waals surface area contributed by atoms with Crippen molar-refractivity contribution >= 4 is 6.29 Å². The van der Waals surface area contributed by atoms with Gasteiger partial charge in [0.15, 0.2) is 0 Å². The molecule has 0 bridgehead atoms. The molecule has 1 aliphatic carbocycles. The third-order valence-corrected chi connectivity index (χ3v) is 5.28. The van der Waals surface area contributed by atoms with Crippen LogP contribution in [0.5, 0.6) is 5.75 Å². The first-order chi connectivity index (χ1) is 11.8. The van der Waals surface area contributed by atoms with Gasteiger partial charge in [0.1, 0.15) is 12.0 Å². The van der Waals surface area contributed by atoms with E-state index in [2.05, 4.69) is 35.6 Å². The molecule has 0 spiro atoms. The lowest BCUT2D eigenvalue weighted by Gasteiger charge is -2.19. The molecule has 1 saturated heterocycles. The Labute approximate surface area is 143 Å². The van der Waals surface area contributed by atoms with Crippen LogP contribution >= 0.6 is 0 Å². The van der Waals surface area contributed by atoms with Crippen LogP contribution in [0.15, 0.2) is 36.4 Å². The number of ether oxygens (including phenoxy) is 1. The number of carbonyl (C=O) groups excluding carboxylic acids is 1. The molecular weight excluding hydrogens is 298 g/mol. The lowest BCUT2D eigenvalue weighted by atomic mass is 9.88. The summed E-state index contributed by atoms with van der Waals surface area (Å²) in [5.74, 6) is 1.87. The Balaban J connectivity index is 1.84. The molecule has 0 aromatic heterocycles. The van der Waals surface area contributed by atoms with E-state index in [0.717, 1.165) is 48.2 Å². The first kappa shape index (κ1) is 15.4. The molecule has 1 heterocycles. The molecular formula is C21H23NO2. The number of aldehydes is 1. The largest absolute Gasteiger partial charge is 0.496 e. The van der Waals surface area contributed by atoms with Crippen LogP contribution in [0.3, 0.4) is 0 Å². The van der Waals surface area contributed by atoms with E-state index in [9.17, 15) is 4.79 Å². The molecule has 124 valence electrons. The van der Waals surface area contributed by atoms with Gasteiger partial charge in [0.25, 0.3) is 0 Å². The van der Waals surface area contributed by atoms with Crippen molar-refractivity contribution in [2.75, 3.05) is 20.2 Å². The molecule has 2 fully saturated rings. The summed E-state index contributed by atoms with van der Waals surface area (Å²) in [5, 5.41) is 3.38. The average Bonchev–Trinajstić information content (AvgIpc) is 3.35. The molecule has 1 saturated carbocycles. The molecule has 3 nitrogen and oxygen atoms in total. The molecule has 0 radical (unpaired) electrons. The molecule has 1 N–H and O–H groups in total. The lowest BCUT2D eigenvalue weighted by molar-refractivity contribution is 0.112. The van der Waals surface area contributed by atoms with Crippen molar-refractivity contribution < 1.29 is 9.53 Å². The number of methoxy groups -OCH3 is 1. The topological polar surface area (TPSA) is 38.3 Å².